The third-order valence-electron chi connectivity index (χ3n) is 2.12. The van der Waals surface area contributed by atoms with Crippen LogP contribution in [0.2, 0.25) is 0 Å². The van der Waals surface area contributed by atoms with E-state index >= 15 is 0 Å². The van der Waals surface area contributed by atoms with Crippen molar-refractivity contribution in [3.8, 4) is 5.75 Å². The number of ether oxygens (including phenoxy) is 1. The van der Waals surface area contributed by atoms with Crippen molar-refractivity contribution in [2.45, 2.75) is 6.10 Å². The number of halogens is 2. The second-order valence-corrected chi connectivity index (χ2v) is 3.09. The van der Waals surface area contributed by atoms with Crippen LogP contribution in [0.15, 0.2) is 12.1 Å². The Morgan fingerprint density at radius 3 is 3.00 bits per heavy atom. The molecule has 14 heavy (non-hydrogen) atoms. The Bertz CT molecular complexity index is 357. The van der Waals surface area contributed by atoms with Crippen molar-refractivity contribution in [1.82, 2.24) is 0 Å². The molecule has 0 saturated heterocycles. The Morgan fingerprint density at radius 1 is 1.50 bits per heavy atom. The van der Waals surface area contributed by atoms with E-state index in [1.54, 1.807) is 0 Å². The highest BCUT2D eigenvalue weighted by Gasteiger charge is 2.23. The summed E-state index contributed by atoms with van der Waals surface area (Å²) in [6, 6.07) is 2.51. The van der Waals surface area contributed by atoms with E-state index in [0.717, 1.165) is 6.07 Å². The summed E-state index contributed by atoms with van der Waals surface area (Å²) in [4.78, 5) is 0. The minimum Gasteiger partial charge on any atom is -0.482 e. The molecule has 3 N–H and O–H groups in total. The first-order valence-electron chi connectivity index (χ1n) is 4.31. The summed E-state index contributed by atoms with van der Waals surface area (Å²) in [6.45, 7) is 0.775. The number of hydrogen-bond donors (Lipinski definition) is 2. The molecule has 1 heterocycles. The lowest BCUT2D eigenvalue weighted by Gasteiger charge is -2.26. The van der Waals surface area contributed by atoms with Crippen LogP contribution >= 0.6 is 0 Å². The number of nitrogens with two attached hydrogens (primary N) is 1. The van der Waals surface area contributed by atoms with E-state index in [4.69, 9.17) is 10.5 Å². The van der Waals surface area contributed by atoms with E-state index in [0.29, 0.717) is 12.2 Å². The van der Waals surface area contributed by atoms with Crippen molar-refractivity contribution in [3.63, 3.8) is 0 Å². The quantitative estimate of drug-likeness (QED) is 0.713. The molecule has 76 valence electrons. The van der Waals surface area contributed by atoms with Crippen molar-refractivity contribution >= 4 is 5.69 Å². The zero-order valence-electron chi connectivity index (χ0n) is 7.39. The normalized spacial score (nSPS) is 19.5. The third-order valence-corrected chi connectivity index (χ3v) is 2.12. The lowest BCUT2D eigenvalue weighted by Crippen LogP contribution is -2.37. The summed E-state index contributed by atoms with van der Waals surface area (Å²) in [5, 5.41) is 2.92. The SMILES string of the molecule is NCC1CNc2ccc(F)c(F)c2O1. The smallest absolute Gasteiger partial charge is 0.202 e. The van der Waals surface area contributed by atoms with Gasteiger partial charge in [-0.25, -0.2) is 4.39 Å². The van der Waals surface area contributed by atoms with Crippen LogP contribution in [-0.2, 0) is 0 Å². The van der Waals surface area contributed by atoms with Crippen LogP contribution in [0.3, 0.4) is 0 Å². The second-order valence-electron chi connectivity index (χ2n) is 3.09. The minimum atomic E-state index is -0.965. The van der Waals surface area contributed by atoms with Crippen LogP contribution in [0.1, 0.15) is 0 Å². The Morgan fingerprint density at radius 2 is 2.29 bits per heavy atom. The van der Waals surface area contributed by atoms with E-state index in [2.05, 4.69) is 5.32 Å². The zero-order chi connectivity index (χ0) is 10.1. The molecule has 1 atom stereocenters. The fraction of sp³-hybridized carbons (Fsp3) is 0.333. The van der Waals surface area contributed by atoms with Crippen LogP contribution in [-0.4, -0.2) is 19.2 Å². The molecule has 1 aliphatic rings. The maximum Gasteiger partial charge on any atom is 0.202 e. The third kappa shape index (κ3) is 1.39. The fourth-order valence-corrected chi connectivity index (χ4v) is 1.35. The molecule has 0 bridgehead atoms. The maximum atomic E-state index is 13.2. The van der Waals surface area contributed by atoms with E-state index < -0.39 is 11.6 Å². The van der Waals surface area contributed by atoms with Gasteiger partial charge < -0.3 is 15.8 Å². The first-order valence-corrected chi connectivity index (χ1v) is 4.31. The summed E-state index contributed by atoms with van der Waals surface area (Å²) in [5.41, 5.74) is 5.83. The van der Waals surface area contributed by atoms with Gasteiger partial charge in [0, 0.05) is 6.54 Å². The van der Waals surface area contributed by atoms with Crippen LogP contribution in [0, 0.1) is 11.6 Å². The molecule has 2 rings (SSSR count). The molecule has 1 aromatic rings. The van der Waals surface area contributed by atoms with E-state index in [-0.39, 0.29) is 18.4 Å². The molecule has 0 radical (unpaired) electrons. The molecule has 0 fully saturated rings. The lowest BCUT2D eigenvalue weighted by molar-refractivity contribution is 0.201. The van der Waals surface area contributed by atoms with Gasteiger partial charge in [0.15, 0.2) is 11.6 Å². The molecule has 3 nitrogen and oxygen atoms in total. The zero-order valence-corrected chi connectivity index (χ0v) is 7.39. The van der Waals surface area contributed by atoms with Crippen molar-refractivity contribution in [2.24, 2.45) is 5.73 Å². The van der Waals surface area contributed by atoms with Gasteiger partial charge in [-0.05, 0) is 12.1 Å². The van der Waals surface area contributed by atoms with Crippen LogP contribution < -0.4 is 15.8 Å². The van der Waals surface area contributed by atoms with Gasteiger partial charge in [-0.2, -0.15) is 4.39 Å². The summed E-state index contributed by atoms with van der Waals surface area (Å²) >= 11 is 0. The summed E-state index contributed by atoms with van der Waals surface area (Å²) < 4.78 is 31.2. The predicted molar refractivity (Wildman–Crippen MR) is 48.3 cm³/mol. The number of fused-ring (bicyclic) bond motifs is 1. The first kappa shape index (κ1) is 9.21. The van der Waals surface area contributed by atoms with Gasteiger partial charge in [0.25, 0.3) is 0 Å². The number of nitrogens with one attached hydrogen (secondary N) is 1. The van der Waals surface area contributed by atoms with Gasteiger partial charge in [0.05, 0.1) is 12.2 Å². The van der Waals surface area contributed by atoms with Gasteiger partial charge in [-0.1, -0.05) is 0 Å². The standard InChI is InChI=1S/C9H10F2N2O/c10-6-1-2-7-9(8(6)11)14-5(3-12)4-13-7/h1-2,5,13H,3-4,12H2. The summed E-state index contributed by atoms with van der Waals surface area (Å²) in [7, 11) is 0. The minimum absolute atomic E-state index is 0.0771. The van der Waals surface area contributed by atoms with Gasteiger partial charge in [0.2, 0.25) is 5.82 Å². The van der Waals surface area contributed by atoms with E-state index in [9.17, 15) is 8.78 Å². The van der Waals surface area contributed by atoms with Crippen molar-refractivity contribution < 1.29 is 13.5 Å². The largest absolute Gasteiger partial charge is 0.482 e. The highest BCUT2D eigenvalue weighted by molar-refractivity contribution is 5.58. The first-order chi connectivity index (χ1) is 6.72. The monoisotopic (exact) mass is 200 g/mol. The Labute approximate surface area is 79.9 Å². The molecule has 0 aromatic heterocycles. The second kappa shape index (κ2) is 3.42. The van der Waals surface area contributed by atoms with E-state index in [1.807, 2.05) is 0 Å². The Balaban J connectivity index is 2.38. The molecule has 1 unspecified atom stereocenters. The van der Waals surface area contributed by atoms with Crippen molar-refractivity contribution in [1.29, 1.82) is 0 Å². The van der Waals surface area contributed by atoms with Gasteiger partial charge in [0.1, 0.15) is 6.10 Å². The van der Waals surface area contributed by atoms with Crippen molar-refractivity contribution in [2.75, 3.05) is 18.4 Å². The van der Waals surface area contributed by atoms with Gasteiger partial charge in [-0.3, -0.25) is 0 Å². The number of anilines is 1. The molecule has 0 aliphatic carbocycles. The van der Waals surface area contributed by atoms with Gasteiger partial charge in [-0.15, -0.1) is 0 Å². The number of benzene rings is 1. The molecular formula is C9H10F2N2O. The van der Waals surface area contributed by atoms with Gasteiger partial charge >= 0.3 is 0 Å². The molecule has 1 aliphatic heterocycles. The molecular weight excluding hydrogens is 190 g/mol. The van der Waals surface area contributed by atoms with Crippen LogP contribution in [0.4, 0.5) is 14.5 Å². The fourth-order valence-electron chi connectivity index (χ4n) is 1.35. The summed E-state index contributed by atoms with van der Waals surface area (Å²) in [5.74, 6) is -1.96. The average molecular weight is 200 g/mol. The molecule has 0 saturated carbocycles. The number of hydrogen-bond acceptors (Lipinski definition) is 3. The predicted octanol–water partition coefficient (Wildman–Crippen LogP) is 1.10. The highest BCUT2D eigenvalue weighted by atomic mass is 19.2. The molecule has 1 aromatic carbocycles. The average Bonchev–Trinajstić information content (AvgIpc) is 2.23. The van der Waals surface area contributed by atoms with Crippen molar-refractivity contribution in [3.05, 3.63) is 23.8 Å². The Kier molecular flexibility index (Phi) is 2.25. The lowest BCUT2D eigenvalue weighted by atomic mass is 10.2. The summed E-state index contributed by atoms with van der Waals surface area (Å²) in [6.07, 6.45) is -0.307. The molecule has 0 spiro atoms. The number of rotatable bonds is 1. The molecule has 5 heteroatoms. The van der Waals surface area contributed by atoms with E-state index in [1.165, 1.54) is 6.07 Å². The van der Waals surface area contributed by atoms with Crippen LogP contribution in [0.25, 0.3) is 0 Å². The molecule has 0 amide bonds. The van der Waals surface area contributed by atoms with Crippen LogP contribution in [0.5, 0.6) is 5.75 Å². The Hall–Kier alpha value is -1.36. The maximum absolute atomic E-state index is 13.2. The highest BCUT2D eigenvalue weighted by Crippen LogP contribution is 2.32. The topological polar surface area (TPSA) is 47.3 Å².